The predicted octanol–water partition coefficient (Wildman–Crippen LogP) is 4.54. The van der Waals surface area contributed by atoms with Crippen molar-refractivity contribution in [3.63, 3.8) is 0 Å². The van der Waals surface area contributed by atoms with Crippen molar-refractivity contribution in [2.24, 2.45) is 0 Å². The molecule has 1 saturated heterocycles. The molecule has 1 aliphatic heterocycles. The highest BCUT2D eigenvalue weighted by atomic mass is 16.6. The molecule has 7 heteroatoms. The van der Waals surface area contributed by atoms with Crippen LogP contribution >= 0.6 is 0 Å². The molecule has 170 valence electrons. The number of nitrogens with zero attached hydrogens (tertiary/aromatic N) is 4. The smallest absolute Gasteiger partial charge is 0.410 e. The summed E-state index contributed by atoms with van der Waals surface area (Å²) < 4.78 is 13.1. The third-order valence-electron chi connectivity index (χ3n) is 5.67. The number of rotatable bonds is 4. The largest absolute Gasteiger partial charge is 0.497 e. The van der Waals surface area contributed by atoms with Crippen LogP contribution in [0.2, 0.25) is 0 Å². The molecule has 1 amide bonds. The number of imidazole rings is 1. The molecule has 0 unspecified atom stereocenters. The Hall–Kier alpha value is -3.22. The average molecular weight is 437 g/mol. The molecule has 7 nitrogen and oxygen atoms in total. The van der Waals surface area contributed by atoms with Gasteiger partial charge in [0.05, 0.1) is 24.7 Å². The first-order valence-electron chi connectivity index (χ1n) is 11.1. The second kappa shape index (κ2) is 8.73. The average Bonchev–Trinajstić information content (AvgIpc) is 3.11. The summed E-state index contributed by atoms with van der Waals surface area (Å²) in [6.45, 7) is 10.4. The maximum Gasteiger partial charge on any atom is 0.410 e. The molecule has 4 rings (SSSR count). The number of hydrogen-bond acceptors (Lipinski definition) is 5. The second-order valence-electron chi connectivity index (χ2n) is 9.30. The summed E-state index contributed by atoms with van der Waals surface area (Å²) in [5.74, 6) is 1.77. The van der Waals surface area contributed by atoms with Gasteiger partial charge in [0.25, 0.3) is 0 Å². The van der Waals surface area contributed by atoms with Gasteiger partial charge in [-0.2, -0.15) is 0 Å². The molecule has 32 heavy (non-hydrogen) atoms. The number of hydrogen-bond donors (Lipinski definition) is 0. The van der Waals surface area contributed by atoms with Crippen molar-refractivity contribution in [1.29, 1.82) is 0 Å². The lowest BCUT2D eigenvalue weighted by molar-refractivity contribution is 0.0218. The molecule has 1 aromatic heterocycles. The number of ether oxygens (including phenoxy) is 2. The van der Waals surface area contributed by atoms with Gasteiger partial charge < -0.3 is 23.8 Å². The molecular weight excluding hydrogens is 404 g/mol. The van der Waals surface area contributed by atoms with Crippen molar-refractivity contribution in [1.82, 2.24) is 14.5 Å². The van der Waals surface area contributed by atoms with E-state index in [0.29, 0.717) is 26.2 Å². The van der Waals surface area contributed by atoms with Crippen LogP contribution < -0.4 is 9.64 Å². The molecule has 1 aliphatic rings. The van der Waals surface area contributed by atoms with E-state index in [2.05, 4.69) is 34.6 Å². The van der Waals surface area contributed by atoms with Gasteiger partial charge in [0.2, 0.25) is 5.95 Å². The zero-order valence-corrected chi connectivity index (χ0v) is 19.5. The number of benzene rings is 2. The van der Waals surface area contributed by atoms with E-state index in [1.54, 1.807) is 12.0 Å². The van der Waals surface area contributed by atoms with Crippen molar-refractivity contribution in [3.05, 3.63) is 54.1 Å². The maximum atomic E-state index is 12.6. The Morgan fingerprint density at radius 3 is 2.47 bits per heavy atom. The maximum absolute atomic E-state index is 12.6. The lowest BCUT2D eigenvalue weighted by atomic mass is 10.2. The fraction of sp³-hybridized carbons (Fsp3) is 0.440. The van der Waals surface area contributed by atoms with E-state index >= 15 is 0 Å². The van der Waals surface area contributed by atoms with Gasteiger partial charge in [-0.15, -0.1) is 0 Å². The summed E-state index contributed by atoms with van der Waals surface area (Å²) in [7, 11) is 1.68. The predicted molar refractivity (Wildman–Crippen MR) is 126 cm³/mol. The molecule has 0 bridgehead atoms. The number of fused-ring (bicyclic) bond motifs is 1. The first-order chi connectivity index (χ1) is 15.2. The number of carbonyl (C=O) groups is 1. The first-order valence-corrected chi connectivity index (χ1v) is 11.1. The van der Waals surface area contributed by atoms with Gasteiger partial charge in [-0.3, -0.25) is 0 Å². The number of amides is 1. The van der Waals surface area contributed by atoms with Gasteiger partial charge in [0.15, 0.2) is 0 Å². The topological polar surface area (TPSA) is 59.8 Å². The van der Waals surface area contributed by atoms with Crippen LogP contribution in [0.25, 0.3) is 11.0 Å². The second-order valence-corrected chi connectivity index (χ2v) is 9.30. The fourth-order valence-corrected chi connectivity index (χ4v) is 4.10. The van der Waals surface area contributed by atoms with Crippen LogP contribution in [0.4, 0.5) is 10.7 Å². The fourth-order valence-electron chi connectivity index (χ4n) is 4.10. The van der Waals surface area contributed by atoms with Crippen LogP contribution in [-0.4, -0.2) is 58.9 Å². The normalized spacial score (nSPS) is 17.0. The van der Waals surface area contributed by atoms with E-state index in [9.17, 15) is 4.79 Å². The summed E-state index contributed by atoms with van der Waals surface area (Å²) in [6.07, 6.45) is -0.254. The Morgan fingerprint density at radius 1 is 1.09 bits per heavy atom. The van der Waals surface area contributed by atoms with Crippen molar-refractivity contribution < 1.29 is 14.3 Å². The Labute approximate surface area is 189 Å². The van der Waals surface area contributed by atoms with Crippen LogP contribution in [0.1, 0.15) is 33.3 Å². The third kappa shape index (κ3) is 4.66. The Balaban J connectivity index is 1.60. The number of aromatic nitrogens is 2. The van der Waals surface area contributed by atoms with Crippen LogP contribution in [-0.2, 0) is 11.3 Å². The Kier molecular flexibility index (Phi) is 6.00. The summed E-state index contributed by atoms with van der Waals surface area (Å²) >= 11 is 0. The quantitative estimate of drug-likeness (QED) is 0.601. The van der Waals surface area contributed by atoms with E-state index in [1.807, 2.05) is 51.1 Å². The van der Waals surface area contributed by atoms with Gasteiger partial charge in [-0.05, 0) is 57.5 Å². The molecule has 0 N–H and O–H groups in total. The monoisotopic (exact) mass is 436 g/mol. The zero-order chi connectivity index (χ0) is 22.9. The summed E-state index contributed by atoms with van der Waals surface area (Å²) in [5.41, 5.74) is 2.75. The lowest BCUT2D eigenvalue weighted by Crippen LogP contribution is -2.55. The molecule has 0 radical (unpaired) electrons. The van der Waals surface area contributed by atoms with Crippen molar-refractivity contribution in [3.8, 4) is 5.75 Å². The molecule has 1 fully saturated rings. The summed E-state index contributed by atoms with van der Waals surface area (Å²) in [4.78, 5) is 21.6. The Bertz CT molecular complexity index is 1080. The number of carbonyl (C=O) groups excluding carboxylic acids is 1. The standard InChI is InChI=1S/C25H32N4O3/c1-18-16-27(24(30)32-25(2,3)4)14-15-28(18)23-26-21-8-6-7-9-22(21)29(23)17-19-10-12-20(31-5)13-11-19/h6-13,18H,14-17H2,1-5H3/t18-/m0/s1. The molecule has 0 spiro atoms. The van der Waals surface area contributed by atoms with E-state index in [4.69, 9.17) is 14.5 Å². The van der Waals surface area contributed by atoms with E-state index in [0.717, 1.165) is 22.7 Å². The van der Waals surface area contributed by atoms with Gasteiger partial charge in [0.1, 0.15) is 11.4 Å². The SMILES string of the molecule is COc1ccc(Cn2c(N3CCN(C(=O)OC(C)(C)C)C[C@@H]3C)nc3ccccc32)cc1. The van der Waals surface area contributed by atoms with Crippen molar-refractivity contribution >= 4 is 23.1 Å². The van der Waals surface area contributed by atoms with Crippen molar-refractivity contribution in [2.75, 3.05) is 31.6 Å². The van der Waals surface area contributed by atoms with Gasteiger partial charge in [-0.1, -0.05) is 24.3 Å². The summed E-state index contributed by atoms with van der Waals surface area (Å²) in [5, 5.41) is 0. The number of para-hydroxylation sites is 2. The Morgan fingerprint density at radius 2 is 1.81 bits per heavy atom. The molecule has 1 atom stereocenters. The van der Waals surface area contributed by atoms with E-state index in [1.165, 1.54) is 5.56 Å². The molecular formula is C25H32N4O3. The molecule has 0 aliphatic carbocycles. The van der Waals surface area contributed by atoms with Crippen LogP contribution in [0.5, 0.6) is 5.75 Å². The number of piperazine rings is 1. The van der Waals surface area contributed by atoms with E-state index < -0.39 is 5.60 Å². The molecule has 2 aromatic carbocycles. The van der Waals surface area contributed by atoms with Gasteiger partial charge in [0, 0.05) is 25.7 Å². The van der Waals surface area contributed by atoms with Crippen LogP contribution in [0.15, 0.2) is 48.5 Å². The number of anilines is 1. The third-order valence-corrected chi connectivity index (χ3v) is 5.67. The first kappa shape index (κ1) is 22.0. The highest BCUT2D eigenvalue weighted by Gasteiger charge is 2.32. The minimum atomic E-state index is -0.496. The molecule has 3 aromatic rings. The van der Waals surface area contributed by atoms with Gasteiger partial charge >= 0.3 is 6.09 Å². The minimum absolute atomic E-state index is 0.114. The van der Waals surface area contributed by atoms with Crippen LogP contribution in [0.3, 0.4) is 0 Å². The number of methoxy groups -OCH3 is 1. The summed E-state index contributed by atoms with van der Waals surface area (Å²) in [6, 6.07) is 16.5. The zero-order valence-electron chi connectivity index (χ0n) is 19.5. The van der Waals surface area contributed by atoms with Crippen LogP contribution in [0, 0.1) is 0 Å². The van der Waals surface area contributed by atoms with Gasteiger partial charge in [-0.25, -0.2) is 9.78 Å². The lowest BCUT2D eigenvalue weighted by Gasteiger charge is -2.40. The van der Waals surface area contributed by atoms with Crippen molar-refractivity contribution in [2.45, 2.75) is 45.9 Å². The highest BCUT2D eigenvalue weighted by Crippen LogP contribution is 2.28. The van der Waals surface area contributed by atoms with E-state index in [-0.39, 0.29) is 12.1 Å². The minimum Gasteiger partial charge on any atom is -0.497 e. The highest BCUT2D eigenvalue weighted by molar-refractivity contribution is 5.79. The molecule has 0 saturated carbocycles. The molecule has 2 heterocycles.